The first-order valence-corrected chi connectivity index (χ1v) is 12.2. The number of aromatic nitrogens is 2. The highest BCUT2D eigenvalue weighted by atomic mass is 35.5. The number of methoxy groups -OCH3 is 1. The van der Waals surface area contributed by atoms with Crippen molar-refractivity contribution < 1.29 is 19.0 Å². The first kappa shape index (κ1) is 23.3. The lowest BCUT2D eigenvalue weighted by atomic mass is 10.0. The number of thiazole rings is 1. The number of aromatic hydroxyl groups is 1. The lowest BCUT2D eigenvalue weighted by Crippen LogP contribution is -2.39. The third kappa shape index (κ3) is 4.49. The molecule has 35 heavy (non-hydrogen) atoms. The number of likely N-dealkylation sites (tertiary alicyclic amines) is 1. The van der Waals surface area contributed by atoms with Gasteiger partial charge >= 0.3 is 0 Å². The molecule has 2 aromatic heterocycles. The maximum Gasteiger partial charge on any atom is 0.274 e. The van der Waals surface area contributed by atoms with Gasteiger partial charge in [-0.25, -0.2) is 9.37 Å². The van der Waals surface area contributed by atoms with Gasteiger partial charge in [0.2, 0.25) is 0 Å². The maximum absolute atomic E-state index is 13.4. The molecule has 0 unspecified atom stereocenters. The highest BCUT2D eigenvalue weighted by molar-refractivity contribution is 7.15. The molecule has 1 saturated heterocycles. The van der Waals surface area contributed by atoms with Crippen LogP contribution in [0.3, 0.4) is 0 Å². The summed E-state index contributed by atoms with van der Waals surface area (Å²) >= 11 is 7.27. The van der Waals surface area contributed by atoms with E-state index in [0.29, 0.717) is 57.8 Å². The molecular formula is C25H21ClFN3O4S. The Hall–Kier alpha value is -3.43. The molecule has 1 aliphatic heterocycles. The van der Waals surface area contributed by atoms with Crippen molar-refractivity contribution >= 4 is 39.9 Å². The molecule has 0 atom stereocenters. The van der Waals surface area contributed by atoms with E-state index in [1.165, 1.54) is 22.8 Å². The van der Waals surface area contributed by atoms with Crippen LogP contribution in [0.1, 0.15) is 28.8 Å². The molecule has 7 nitrogen and oxygen atoms in total. The number of carbonyl (C=O) groups excluding carboxylic acids is 1. The van der Waals surface area contributed by atoms with Crippen LogP contribution in [-0.2, 0) is 0 Å². The van der Waals surface area contributed by atoms with E-state index in [4.69, 9.17) is 16.3 Å². The van der Waals surface area contributed by atoms with Gasteiger partial charge in [0.05, 0.1) is 22.4 Å². The van der Waals surface area contributed by atoms with Gasteiger partial charge in [0.25, 0.3) is 11.5 Å². The summed E-state index contributed by atoms with van der Waals surface area (Å²) in [6.45, 7) is 0.808. The lowest BCUT2D eigenvalue weighted by molar-refractivity contribution is 0.0667. The molecule has 0 spiro atoms. The zero-order chi connectivity index (χ0) is 24.7. The van der Waals surface area contributed by atoms with Crippen LogP contribution < -0.4 is 14.8 Å². The average Bonchev–Trinajstić information content (AvgIpc) is 3.40. The van der Waals surface area contributed by atoms with E-state index < -0.39 is 6.17 Å². The predicted molar refractivity (Wildman–Crippen MR) is 133 cm³/mol. The van der Waals surface area contributed by atoms with Crippen LogP contribution in [0.5, 0.6) is 11.5 Å². The van der Waals surface area contributed by atoms with Gasteiger partial charge < -0.3 is 14.7 Å². The number of fused-ring (bicyclic) bond motifs is 1. The molecule has 180 valence electrons. The molecule has 0 bridgehead atoms. The monoisotopic (exact) mass is 513 g/mol. The van der Waals surface area contributed by atoms with E-state index in [1.807, 2.05) is 6.07 Å². The fraction of sp³-hybridized carbons (Fsp3) is 0.240. The summed E-state index contributed by atoms with van der Waals surface area (Å²) in [7, 11) is 1.42. The summed E-state index contributed by atoms with van der Waals surface area (Å²) in [5, 5.41) is 10.0. The number of nitrogens with zero attached hydrogens (tertiary/aromatic N) is 3. The van der Waals surface area contributed by atoms with Gasteiger partial charge in [-0.1, -0.05) is 35.1 Å². The molecule has 5 rings (SSSR count). The van der Waals surface area contributed by atoms with Crippen molar-refractivity contribution in [2.75, 3.05) is 20.2 Å². The molecule has 1 fully saturated rings. The maximum atomic E-state index is 13.4. The number of rotatable bonds is 4. The number of hydrogen-bond acceptors (Lipinski definition) is 6. The second-order valence-corrected chi connectivity index (χ2v) is 9.71. The Balaban J connectivity index is 1.46. The Bertz CT molecular complexity index is 1540. The van der Waals surface area contributed by atoms with Crippen molar-refractivity contribution in [1.29, 1.82) is 0 Å². The smallest absolute Gasteiger partial charge is 0.274 e. The number of ether oxygens (including phenoxy) is 1. The summed E-state index contributed by atoms with van der Waals surface area (Å²) in [4.78, 5) is 32.6. The van der Waals surface area contributed by atoms with Crippen molar-refractivity contribution in [1.82, 2.24) is 14.3 Å². The number of alkyl halides is 1. The van der Waals surface area contributed by atoms with Gasteiger partial charge in [0.15, 0.2) is 16.5 Å². The van der Waals surface area contributed by atoms with Crippen molar-refractivity contribution in [3.05, 3.63) is 73.6 Å². The fourth-order valence-electron chi connectivity index (χ4n) is 4.10. The number of phenols is 1. The van der Waals surface area contributed by atoms with E-state index >= 15 is 0 Å². The van der Waals surface area contributed by atoms with E-state index in [0.717, 1.165) is 0 Å². The first-order valence-electron chi connectivity index (χ1n) is 11.0. The Morgan fingerprint density at radius 1 is 1.29 bits per heavy atom. The summed E-state index contributed by atoms with van der Waals surface area (Å²) in [6.07, 6.45) is 3.18. The topological polar surface area (TPSA) is 84.1 Å². The SMILES string of the molecule is COc1cc(/C=c2\sc3nc(-c4cccc(C(=O)N5CCC(F)CC5)c4)cn3c2=O)cc(Cl)c1O. The standard InChI is InChI=1S/C25H21ClFN3O4S/c1-34-20-10-14(9-18(26)22(20)31)11-21-24(33)30-13-19(28-25(30)35-21)15-3-2-4-16(12-15)23(32)29-7-5-17(27)6-8-29/h2-4,9-13,17,31H,5-8H2,1H3/b21-11-. The summed E-state index contributed by atoms with van der Waals surface area (Å²) in [5.74, 6) is -0.0839. The molecule has 0 saturated carbocycles. The van der Waals surface area contributed by atoms with E-state index in [2.05, 4.69) is 4.98 Å². The second-order valence-electron chi connectivity index (χ2n) is 8.30. The van der Waals surface area contributed by atoms with Gasteiger partial charge in [-0.2, -0.15) is 0 Å². The minimum Gasteiger partial charge on any atom is -0.503 e. The number of halogens is 2. The highest BCUT2D eigenvalue weighted by Crippen LogP contribution is 2.35. The molecule has 10 heteroatoms. The Labute approximate surface area is 208 Å². The van der Waals surface area contributed by atoms with Crippen LogP contribution in [0, 0.1) is 0 Å². The van der Waals surface area contributed by atoms with Crippen molar-refractivity contribution in [2.24, 2.45) is 0 Å². The van der Waals surface area contributed by atoms with Crippen molar-refractivity contribution in [3.8, 4) is 22.8 Å². The third-order valence-corrected chi connectivity index (χ3v) is 7.26. The molecule has 1 N–H and O–H groups in total. The molecular weight excluding hydrogens is 493 g/mol. The molecule has 0 radical (unpaired) electrons. The molecule has 3 heterocycles. The molecule has 0 aliphatic carbocycles. The van der Waals surface area contributed by atoms with Crippen LogP contribution in [0.25, 0.3) is 22.3 Å². The van der Waals surface area contributed by atoms with Gasteiger partial charge in [-0.15, -0.1) is 0 Å². The Kier molecular flexibility index (Phi) is 6.21. The minimum absolute atomic E-state index is 0.121. The summed E-state index contributed by atoms with van der Waals surface area (Å²) in [5.41, 5.74) is 2.16. The number of hydrogen-bond donors (Lipinski definition) is 1. The van der Waals surface area contributed by atoms with Gasteiger partial charge in [-0.05, 0) is 48.7 Å². The number of imidazole rings is 1. The Morgan fingerprint density at radius 3 is 2.77 bits per heavy atom. The Morgan fingerprint density at radius 2 is 2.06 bits per heavy atom. The van der Waals surface area contributed by atoms with Gasteiger partial charge in [0, 0.05) is 30.4 Å². The second kappa shape index (κ2) is 9.31. The molecule has 1 amide bonds. The van der Waals surface area contributed by atoms with Crippen molar-refractivity contribution in [3.63, 3.8) is 0 Å². The van der Waals surface area contributed by atoms with Gasteiger partial charge in [0.1, 0.15) is 6.17 Å². The summed E-state index contributed by atoms with van der Waals surface area (Å²) < 4.78 is 20.5. The fourth-order valence-corrected chi connectivity index (χ4v) is 5.28. The van der Waals surface area contributed by atoms with E-state index in [-0.39, 0.29) is 28.0 Å². The number of benzene rings is 2. The number of amides is 1. The minimum atomic E-state index is -0.847. The predicted octanol–water partition coefficient (Wildman–Crippen LogP) is 3.91. The van der Waals surface area contributed by atoms with Crippen LogP contribution >= 0.6 is 22.9 Å². The largest absolute Gasteiger partial charge is 0.503 e. The number of piperidine rings is 1. The average molecular weight is 514 g/mol. The van der Waals surface area contributed by atoms with Crippen LogP contribution in [-0.4, -0.2) is 51.7 Å². The zero-order valence-corrected chi connectivity index (χ0v) is 20.3. The number of carbonyl (C=O) groups is 1. The van der Waals surface area contributed by atoms with Crippen LogP contribution in [0.4, 0.5) is 4.39 Å². The van der Waals surface area contributed by atoms with Crippen LogP contribution in [0.15, 0.2) is 47.4 Å². The highest BCUT2D eigenvalue weighted by Gasteiger charge is 2.23. The first-order chi connectivity index (χ1) is 16.8. The summed E-state index contributed by atoms with van der Waals surface area (Å²) in [6, 6.07) is 10.2. The quantitative estimate of drug-likeness (QED) is 0.447. The normalized spacial score (nSPS) is 15.2. The molecule has 2 aromatic carbocycles. The molecule has 1 aliphatic rings. The van der Waals surface area contributed by atoms with Crippen molar-refractivity contribution in [2.45, 2.75) is 19.0 Å². The van der Waals surface area contributed by atoms with E-state index in [9.17, 15) is 19.1 Å². The van der Waals surface area contributed by atoms with Crippen LogP contribution in [0.2, 0.25) is 5.02 Å². The van der Waals surface area contributed by atoms with E-state index in [1.54, 1.807) is 47.5 Å². The zero-order valence-electron chi connectivity index (χ0n) is 18.7. The lowest BCUT2D eigenvalue weighted by Gasteiger charge is -2.28. The number of phenolic OH excluding ortho intramolecular Hbond substituents is 1. The van der Waals surface area contributed by atoms with Gasteiger partial charge in [-0.3, -0.25) is 14.0 Å². The third-order valence-electron chi connectivity index (χ3n) is 5.99. The molecule has 4 aromatic rings.